The number of sulfonamides is 1. The van der Waals surface area contributed by atoms with Gasteiger partial charge in [0.25, 0.3) is 15.9 Å². The quantitative estimate of drug-likeness (QED) is 0.614. The smallest absolute Gasteiger partial charge is 0.264 e. The fourth-order valence-electron chi connectivity index (χ4n) is 3.15. The van der Waals surface area contributed by atoms with Gasteiger partial charge >= 0.3 is 0 Å². The average molecular weight is 431 g/mol. The van der Waals surface area contributed by atoms with Crippen LogP contribution >= 0.6 is 11.3 Å². The molecule has 0 atom stereocenters. The van der Waals surface area contributed by atoms with E-state index in [1.54, 1.807) is 37.3 Å². The third-order valence-electron chi connectivity index (χ3n) is 4.86. The monoisotopic (exact) mass is 430 g/mol. The largest absolute Gasteiger partial charge is 0.497 e. The zero-order chi connectivity index (χ0) is 20.6. The van der Waals surface area contributed by atoms with Gasteiger partial charge in [0.15, 0.2) is 0 Å². The van der Waals surface area contributed by atoms with Crippen molar-refractivity contribution in [3.63, 3.8) is 0 Å². The number of amides is 1. The van der Waals surface area contributed by atoms with Gasteiger partial charge in [-0.25, -0.2) is 8.42 Å². The third-order valence-corrected chi connectivity index (χ3v) is 7.89. The van der Waals surface area contributed by atoms with E-state index < -0.39 is 10.0 Å². The minimum atomic E-state index is -3.71. The molecule has 0 spiro atoms. The van der Waals surface area contributed by atoms with E-state index in [1.165, 1.54) is 22.8 Å². The Morgan fingerprint density at radius 2 is 1.90 bits per heavy atom. The van der Waals surface area contributed by atoms with Gasteiger partial charge < -0.3 is 10.1 Å². The molecule has 2 aromatic carbocycles. The minimum absolute atomic E-state index is 0.0616. The SMILES string of the molecule is CCN(c1ccc2sc(C(=O)NC3CC3)cc2c1)S(=O)(=O)c1ccc(OC)cc1. The molecule has 152 valence electrons. The van der Waals surface area contributed by atoms with Gasteiger partial charge in [0, 0.05) is 17.3 Å². The number of thiophene rings is 1. The lowest BCUT2D eigenvalue weighted by Crippen LogP contribution is -2.30. The number of hydrogen-bond donors (Lipinski definition) is 1. The Kier molecular flexibility index (Phi) is 5.23. The Hall–Kier alpha value is -2.58. The fourth-order valence-corrected chi connectivity index (χ4v) is 5.56. The number of ether oxygens (including phenoxy) is 1. The van der Waals surface area contributed by atoms with Crippen molar-refractivity contribution < 1.29 is 17.9 Å². The molecule has 1 aromatic heterocycles. The summed E-state index contributed by atoms with van der Waals surface area (Å²) < 4.78 is 33.8. The van der Waals surface area contributed by atoms with Crippen molar-refractivity contribution in [3.05, 3.63) is 53.4 Å². The summed E-state index contributed by atoms with van der Waals surface area (Å²) in [6.45, 7) is 2.09. The first-order valence-electron chi connectivity index (χ1n) is 9.43. The number of hydrogen-bond acceptors (Lipinski definition) is 5. The van der Waals surface area contributed by atoms with Gasteiger partial charge in [0.05, 0.1) is 22.6 Å². The summed E-state index contributed by atoms with van der Waals surface area (Å²) in [6, 6.07) is 14.0. The summed E-state index contributed by atoms with van der Waals surface area (Å²) in [5.41, 5.74) is 0.572. The number of carbonyl (C=O) groups excluding carboxylic acids is 1. The molecule has 1 N–H and O–H groups in total. The second-order valence-corrected chi connectivity index (χ2v) is 9.87. The molecule has 8 heteroatoms. The van der Waals surface area contributed by atoms with Gasteiger partial charge in [-0.3, -0.25) is 9.10 Å². The molecule has 1 aliphatic rings. The topological polar surface area (TPSA) is 75.7 Å². The molecule has 1 fully saturated rings. The summed E-state index contributed by atoms with van der Waals surface area (Å²) in [5.74, 6) is 0.539. The predicted molar refractivity (Wildman–Crippen MR) is 116 cm³/mol. The highest BCUT2D eigenvalue weighted by molar-refractivity contribution is 7.92. The van der Waals surface area contributed by atoms with Crippen LogP contribution in [-0.2, 0) is 10.0 Å². The number of nitrogens with one attached hydrogen (secondary N) is 1. The van der Waals surface area contributed by atoms with E-state index in [0.717, 1.165) is 22.9 Å². The van der Waals surface area contributed by atoms with Crippen LogP contribution in [0.25, 0.3) is 10.1 Å². The first-order chi connectivity index (χ1) is 13.9. The van der Waals surface area contributed by atoms with Crippen molar-refractivity contribution in [1.82, 2.24) is 5.32 Å². The number of fused-ring (bicyclic) bond motifs is 1. The molecule has 4 rings (SSSR count). The van der Waals surface area contributed by atoms with Gasteiger partial charge in [-0.2, -0.15) is 0 Å². The normalized spacial score (nSPS) is 14.0. The fraction of sp³-hybridized carbons (Fsp3) is 0.286. The molecule has 1 heterocycles. The maximum Gasteiger partial charge on any atom is 0.264 e. The second kappa shape index (κ2) is 7.68. The molecule has 0 saturated heterocycles. The number of rotatable bonds is 7. The van der Waals surface area contributed by atoms with Crippen LogP contribution in [0.5, 0.6) is 5.75 Å². The van der Waals surface area contributed by atoms with Crippen LogP contribution in [0.3, 0.4) is 0 Å². The number of carbonyl (C=O) groups is 1. The Morgan fingerprint density at radius 3 is 2.52 bits per heavy atom. The lowest BCUT2D eigenvalue weighted by molar-refractivity contribution is 0.0955. The number of anilines is 1. The van der Waals surface area contributed by atoms with E-state index in [-0.39, 0.29) is 10.8 Å². The molecule has 0 bridgehead atoms. The molecule has 0 unspecified atom stereocenters. The lowest BCUT2D eigenvalue weighted by Gasteiger charge is -2.23. The molecule has 1 aliphatic carbocycles. The first kappa shape index (κ1) is 19.7. The van der Waals surface area contributed by atoms with E-state index in [2.05, 4.69) is 5.32 Å². The Balaban J connectivity index is 1.65. The van der Waals surface area contributed by atoms with Crippen molar-refractivity contribution in [2.45, 2.75) is 30.7 Å². The lowest BCUT2D eigenvalue weighted by atomic mass is 10.2. The highest BCUT2D eigenvalue weighted by Gasteiger charge is 2.26. The number of methoxy groups -OCH3 is 1. The Labute approximate surface area is 174 Å². The summed E-state index contributed by atoms with van der Waals surface area (Å²) >= 11 is 1.42. The summed E-state index contributed by atoms with van der Waals surface area (Å²) in [6.07, 6.45) is 2.07. The summed E-state index contributed by atoms with van der Waals surface area (Å²) in [7, 11) is -2.17. The molecule has 3 aromatic rings. The number of nitrogens with zero attached hydrogens (tertiary/aromatic N) is 1. The van der Waals surface area contributed by atoms with Crippen molar-refractivity contribution in [2.75, 3.05) is 18.0 Å². The van der Waals surface area contributed by atoms with E-state index in [1.807, 2.05) is 18.2 Å². The molecular weight excluding hydrogens is 408 g/mol. The van der Waals surface area contributed by atoms with Crippen LogP contribution < -0.4 is 14.4 Å². The highest BCUT2D eigenvalue weighted by atomic mass is 32.2. The molecule has 0 radical (unpaired) electrons. The van der Waals surface area contributed by atoms with Gasteiger partial charge in [-0.05, 0) is 73.7 Å². The van der Waals surface area contributed by atoms with Gasteiger partial charge in [0.2, 0.25) is 0 Å². The maximum absolute atomic E-state index is 13.2. The van der Waals surface area contributed by atoms with Crippen molar-refractivity contribution >= 4 is 43.0 Å². The van der Waals surface area contributed by atoms with E-state index in [0.29, 0.717) is 28.9 Å². The molecule has 6 nitrogen and oxygen atoms in total. The molecule has 1 saturated carbocycles. The molecule has 29 heavy (non-hydrogen) atoms. The van der Waals surface area contributed by atoms with E-state index >= 15 is 0 Å². The van der Waals surface area contributed by atoms with Gasteiger partial charge in [-0.1, -0.05) is 0 Å². The predicted octanol–water partition coefficient (Wildman–Crippen LogP) is 4.02. The Bertz CT molecular complexity index is 1150. The van der Waals surface area contributed by atoms with E-state index in [9.17, 15) is 13.2 Å². The van der Waals surface area contributed by atoms with Crippen LogP contribution in [0, 0.1) is 0 Å². The number of benzene rings is 2. The average Bonchev–Trinajstić information content (AvgIpc) is 3.43. The zero-order valence-corrected chi connectivity index (χ0v) is 17.8. The Morgan fingerprint density at radius 1 is 1.17 bits per heavy atom. The van der Waals surface area contributed by atoms with Crippen LogP contribution in [-0.4, -0.2) is 34.0 Å². The molecule has 1 amide bonds. The van der Waals surface area contributed by atoms with Crippen LogP contribution in [0.2, 0.25) is 0 Å². The third kappa shape index (κ3) is 3.95. The zero-order valence-electron chi connectivity index (χ0n) is 16.2. The van der Waals surface area contributed by atoms with Gasteiger partial charge in [0.1, 0.15) is 5.75 Å². The molecule has 0 aliphatic heterocycles. The minimum Gasteiger partial charge on any atom is -0.497 e. The van der Waals surface area contributed by atoms with Gasteiger partial charge in [-0.15, -0.1) is 11.3 Å². The second-order valence-electron chi connectivity index (χ2n) is 6.93. The van der Waals surface area contributed by atoms with Crippen LogP contribution in [0.15, 0.2) is 53.4 Å². The van der Waals surface area contributed by atoms with Crippen LogP contribution in [0.4, 0.5) is 5.69 Å². The summed E-state index contributed by atoms with van der Waals surface area (Å²) in [5, 5.41) is 3.85. The van der Waals surface area contributed by atoms with Crippen molar-refractivity contribution in [2.24, 2.45) is 0 Å². The summed E-state index contributed by atoms with van der Waals surface area (Å²) in [4.78, 5) is 13.2. The van der Waals surface area contributed by atoms with Crippen molar-refractivity contribution in [3.8, 4) is 5.75 Å². The highest BCUT2D eigenvalue weighted by Crippen LogP contribution is 2.32. The maximum atomic E-state index is 13.2. The standard InChI is InChI=1S/C21H22N2O4S2/c1-3-23(29(25,26)18-9-7-17(27-2)8-10-18)16-6-11-19-14(12-16)13-20(28-19)21(24)22-15-4-5-15/h6-13,15H,3-5H2,1-2H3,(H,22,24). The first-order valence-corrected chi connectivity index (χ1v) is 11.7. The molecular formula is C21H22N2O4S2. The van der Waals surface area contributed by atoms with E-state index in [4.69, 9.17) is 4.74 Å². The van der Waals surface area contributed by atoms with Crippen molar-refractivity contribution in [1.29, 1.82) is 0 Å². The van der Waals surface area contributed by atoms with Crippen LogP contribution in [0.1, 0.15) is 29.4 Å².